The molecule has 0 unspecified atom stereocenters. The molecule has 1 N–H and O–H groups in total. The highest BCUT2D eigenvalue weighted by Crippen LogP contribution is 2.02. The molecule has 0 bridgehead atoms. The van der Waals surface area contributed by atoms with Crippen molar-refractivity contribution in [3.63, 3.8) is 0 Å². The Morgan fingerprint density at radius 3 is 2.79 bits per heavy atom. The highest BCUT2D eigenvalue weighted by molar-refractivity contribution is 5.37. The molecule has 1 aromatic rings. The minimum Gasteiger partial charge on any atom is -0.278 e. The molecule has 1 rings (SSSR count). The maximum Gasteiger partial charge on any atom is 0.0633 e. The van der Waals surface area contributed by atoms with Gasteiger partial charge in [0, 0.05) is 5.22 Å². The van der Waals surface area contributed by atoms with E-state index in [2.05, 4.69) is 44.0 Å². The van der Waals surface area contributed by atoms with Crippen molar-refractivity contribution in [1.29, 1.82) is 0 Å². The second-order valence-corrected chi connectivity index (χ2v) is 4.38. The maximum absolute atomic E-state index is 4.06. The van der Waals surface area contributed by atoms with E-state index in [-0.39, 0.29) is 0 Å². The predicted molar refractivity (Wildman–Crippen MR) is 61.1 cm³/mol. The summed E-state index contributed by atoms with van der Waals surface area (Å²) >= 11 is 0. The summed E-state index contributed by atoms with van der Waals surface area (Å²) < 4.78 is 0. The zero-order valence-electron chi connectivity index (χ0n) is 9.59. The molecule has 0 fully saturated rings. The molecule has 0 aliphatic heterocycles. The normalized spacial score (nSPS) is 12.5. The lowest BCUT2D eigenvalue weighted by atomic mass is 10.1. The van der Waals surface area contributed by atoms with Gasteiger partial charge in [-0.1, -0.05) is 25.5 Å². The Bertz CT molecular complexity index is 381. The van der Waals surface area contributed by atoms with Crippen LogP contribution in [-0.4, -0.2) is 10.2 Å². The molecule has 0 aliphatic carbocycles. The van der Waals surface area contributed by atoms with Gasteiger partial charge in [0.25, 0.3) is 0 Å². The molecule has 1 heterocycles. The first-order chi connectivity index (χ1) is 6.61. The van der Waals surface area contributed by atoms with Gasteiger partial charge in [-0.2, -0.15) is 5.10 Å². The van der Waals surface area contributed by atoms with Crippen LogP contribution in [0.4, 0.5) is 0 Å². The largest absolute Gasteiger partial charge is 0.278 e. The molecule has 0 aromatic carbocycles. The van der Waals surface area contributed by atoms with Crippen LogP contribution in [-0.2, 0) is 0 Å². The topological polar surface area (TPSA) is 28.7 Å². The molecular weight excluding hydrogens is 172 g/mol. The Balaban J connectivity index is 2.86. The van der Waals surface area contributed by atoms with E-state index >= 15 is 0 Å². The van der Waals surface area contributed by atoms with Gasteiger partial charge < -0.3 is 0 Å². The van der Waals surface area contributed by atoms with Gasteiger partial charge in [0.2, 0.25) is 0 Å². The van der Waals surface area contributed by atoms with Crippen LogP contribution < -0.4 is 10.6 Å². The first-order valence-electron chi connectivity index (χ1n) is 5.28. The summed E-state index contributed by atoms with van der Waals surface area (Å²) in [5.74, 6) is 0.772. The van der Waals surface area contributed by atoms with E-state index in [1.807, 2.05) is 6.20 Å². The number of hydrogen-bond acceptors (Lipinski definition) is 1. The van der Waals surface area contributed by atoms with Crippen molar-refractivity contribution in [3.05, 3.63) is 16.8 Å². The Morgan fingerprint density at radius 1 is 1.50 bits per heavy atom. The van der Waals surface area contributed by atoms with Gasteiger partial charge in [0.05, 0.1) is 11.5 Å². The molecule has 78 valence electrons. The summed E-state index contributed by atoms with van der Waals surface area (Å²) in [6.45, 7) is 8.71. The van der Waals surface area contributed by atoms with E-state index in [1.165, 1.54) is 22.6 Å². The lowest BCUT2D eigenvalue weighted by Crippen LogP contribution is -2.23. The SMILES string of the molecule is CC(C)=c1[nH]ncc1=CCCC(C)C. The summed E-state index contributed by atoms with van der Waals surface area (Å²) in [5.41, 5.74) is 1.29. The van der Waals surface area contributed by atoms with Crippen LogP contribution in [0.1, 0.15) is 40.5 Å². The van der Waals surface area contributed by atoms with Crippen molar-refractivity contribution >= 4 is 11.6 Å². The second-order valence-electron chi connectivity index (χ2n) is 4.38. The number of nitrogens with one attached hydrogen (secondary N) is 1. The molecule has 0 radical (unpaired) electrons. The summed E-state index contributed by atoms with van der Waals surface area (Å²) in [7, 11) is 0. The van der Waals surface area contributed by atoms with Gasteiger partial charge in [-0.3, -0.25) is 5.10 Å². The van der Waals surface area contributed by atoms with Crippen LogP contribution in [0.3, 0.4) is 0 Å². The Labute approximate surface area is 85.7 Å². The van der Waals surface area contributed by atoms with Gasteiger partial charge >= 0.3 is 0 Å². The molecule has 0 saturated heterocycles. The smallest absolute Gasteiger partial charge is 0.0633 e. The summed E-state index contributed by atoms with van der Waals surface area (Å²) in [5, 5.41) is 9.51. The number of H-pyrrole nitrogens is 1. The number of rotatable bonds is 3. The average molecular weight is 192 g/mol. The van der Waals surface area contributed by atoms with E-state index in [0.717, 1.165) is 12.3 Å². The monoisotopic (exact) mass is 192 g/mol. The summed E-state index contributed by atoms with van der Waals surface area (Å²) in [4.78, 5) is 0. The maximum atomic E-state index is 4.06. The number of aromatic nitrogens is 2. The quantitative estimate of drug-likeness (QED) is 0.777. The molecular formula is C12H20N2. The third-order valence-electron chi connectivity index (χ3n) is 2.28. The van der Waals surface area contributed by atoms with Crippen LogP contribution >= 0.6 is 0 Å². The van der Waals surface area contributed by atoms with E-state index in [0.29, 0.717) is 0 Å². The molecule has 0 saturated carbocycles. The van der Waals surface area contributed by atoms with Crippen LogP contribution in [0.2, 0.25) is 0 Å². The van der Waals surface area contributed by atoms with Crippen molar-refractivity contribution in [3.8, 4) is 0 Å². The lowest BCUT2D eigenvalue weighted by Gasteiger charge is -1.98. The molecule has 0 amide bonds. The van der Waals surface area contributed by atoms with Crippen LogP contribution in [0.15, 0.2) is 6.20 Å². The summed E-state index contributed by atoms with van der Waals surface area (Å²) in [6, 6.07) is 0. The van der Waals surface area contributed by atoms with Crippen molar-refractivity contribution in [2.45, 2.75) is 40.5 Å². The highest BCUT2D eigenvalue weighted by atomic mass is 15.1. The standard InChI is InChI=1S/C12H20N2/c1-9(2)6-5-7-11-8-13-14-12(11)10(3)4/h7-9,14H,5-6H2,1-4H3. The molecule has 2 heteroatoms. The van der Waals surface area contributed by atoms with Crippen molar-refractivity contribution in [2.24, 2.45) is 5.92 Å². The van der Waals surface area contributed by atoms with Crippen LogP contribution in [0.25, 0.3) is 11.6 Å². The number of aromatic amines is 1. The van der Waals surface area contributed by atoms with Gasteiger partial charge in [0.1, 0.15) is 0 Å². The fourth-order valence-corrected chi connectivity index (χ4v) is 1.42. The van der Waals surface area contributed by atoms with Crippen molar-refractivity contribution in [2.75, 3.05) is 0 Å². The minimum atomic E-state index is 0.772. The summed E-state index contributed by atoms with van der Waals surface area (Å²) in [6.07, 6.45) is 6.55. The van der Waals surface area contributed by atoms with E-state index < -0.39 is 0 Å². The fraction of sp³-hybridized carbons (Fsp3) is 0.583. The molecule has 14 heavy (non-hydrogen) atoms. The first-order valence-corrected chi connectivity index (χ1v) is 5.28. The number of hydrogen-bond donors (Lipinski definition) is 1. The molecule has 0 atom stereocenters. The van der Waals surface area contributed by atoms with E-state index in [1.54, 1.807) is 0 Å². The first kappa shape index (κ1) is 11.0. The zero-order valence-corrected chi connectivity index (χ0v) is 9.59. The fourth-order valence-electron chi connectivity index (χ4n) is 1.42. The second kappa shape index (κ2) is 4.99. The Kier molecular flexibility index (Phi) is 3.93. The Hall–Kier alpha value is -1.05. The van der Waals surface area contributed by atoms with Crippen LogP contribution in [0, 0.1) is 5.92 Å². The third kappa shape index (κ3) is 3.02. The molecule has 0 spiro atoms. The molecule has 1 aromatic heterocycles. The van der Waals surface area contributed by atoms with Gasteiger partial charge in [0.15, 0.2) is 0 Å². The van der Waals surface area contributed by atoms with Gasteiger partial charge in [-0.25, -0.2) is 0 Å². The van der Waals surface area contributed by atoms with Crippen molar-refractivity contribution in [1.82, 2.24) is 10.2 Å². The van der Waals surface area contributed by atoms with Crippen molar-refractivity contribution < 1.29 is 0 Å². The predicted octanol–water partition coefficient (Wildman–Crippen LogP) is 1.82. The third-order valence-corrected chi connectivity index (χ3v) is 2.28. The van der Waals surface area contributed by atoms with Gasteiger partial charge in [-0.15, -0.1) is 0 Å². The van der Waals surface area contributed by atoms with E-state index in [9.17, 15) is 0 Å². The molecule has 0 aliphatic rings. The van der Waals surface area contributed by atoms with Crippen LogP contribution in [0.5, 0.6) is 0 Å². The minimum absolute atomic E-state index is 0.772. The van der Waals surface area contributed by atoms with Gasteiger partial charge in [-0.05, 0) is 32.6 Å². The average Bonchev–Trinajstić information content (AvgIpc) is 2.51. The molecule has 2 nitrogen and oxygen atoms in total. The zero-order chi connectivity index (χ0) is 10.6. The number of nitrogens with zero attached hydrogens (tertiary/aromatic N) is 1. The lowest BCUT2D eigenvalue weighted by molar-refractivity contribution is 0.602. The Morgan fingerprint density at radius 2 is 2.21 bits per heavy atom. The van der Waals surface area contributed by atoms with E-state index in [4.69, 9.17) is 0 Å². The highest BCUT2D eigenvalue weighted by Gasteiger charge is 1.92.